The number of hydrogen-bond acceptors (Lipinski definition) is 2. The third-order valence-electron chi connectivity index (χ3n) is 3.30. The van der Waals surface area contributed by atoms with Crippen molar-refractivity contribution in [3.63, 3.8) is 0 Å². The largest absolute Gasteiger partial charge is 0.313 e. The van der Waals surface area contributed by atoms with Crippen LogP contribution in [0.3, 0.4) is 0 Å². The molecule has 0 bridgehead atoms. The van der Waals surface area contributed by atoms with Crippen LogP contribution >= 0.6 is 11.8 Å². The van der Waals surface area contributed by atoms with Crippen molar-refractivity contribution in [2.75, 3.05) is 12.8 Å². The van der Waals surface area contributed by atoms with Crippen molar-refractivity contribution in [3.8, 4) is 0 Å². The van der Waals surface area contributed by atoms with Crippen molar-refractivity contribution in [3.05, 3.63) is 12.7 Å². The molecule has 0 amide bonds. The van der Waals surface area contributed by atoms with Gasteiger partial charge in [-0.2, -0.15) is 11.8 Å². The maximum absolute atomic E-state index is 3.76. The van der Waals surface area contributed by atoms with E-state index in [1.165, 1.54) is 19.3 Å². The van der Waals surface area contributed by atoms with Crippen molar-refractivity contribution < 1.29 is 0 Å². The Morgan fingerprint density at radius 1 is 1.40 bits per heavy atom. The third-order valence-corrected chi connectivity index (χ3v) is 4.89. The van der Waals surface area contributed by atoms with E-state index in [0.29, 0.717) is 10.8 Å². The number of rotatable bonds is 9. The molecule has 90 valence electrons. The Labute approximate surface area is 100 Å². The molecule has 0 aromatic rings. The average Bonchev–Trinajstić information content (AvgIpc) is 2.29. The maximum Gasteiger partial charge on any atom is 0.0276 e. The lowest BCUT2D eigenvalue weighted by Crippen LogP contribution is -2.40. The van der Waals surface area contributed by atoms with Gasteiger partial charge in [0.15, 0.2) is 0 Å². The van der Waals surface area contributed by atoms with Gasteiger partial charge in [-0.05, 0) is 38.9 Å². The molecular formula is C13H27NS. The van der Waals surface area contributed by atoms with Crippen molar-refractivity contribution >= 4 is 11.8 Å². The smallest absolute Gasteiger partial charge is 0.0276 e. The van der Waals surface area contributed by atoms with Gasteiger partial charge in [0.2, 0.25) is 0 Å². The molecule has 1 nitrogen and oxygen atoms in total. The minimum atomic E-state index is 0.433. The lowest BCUT2D eigenvalue weighted by molar-refractivity contribution is 0.440. The summed E-state index contributed by atoms with van der Waals surface area (Å²) < 4.78 is 0.433. The second kappa shape index (κ2) is 8.23. The van der Waals surface area contributed by atoms with E-state index >= 15 is 0 Å². The second-order valence-corrected chi connectivity index (χ2v) is 5.52. The van der Waals surface area contributed by atoms with Gasteiger partial charge in [0, 0.05) is 17.3 Å². The molecule has 1 unspecified atom stereocenters. The summed E-state index contributed by atoms with van der Waals surface area (Å²) in [7, 11) is 0. The maximum atomic E-state index is 3.76. The standard InChI is InChI=1S/C13H27NS/c1-6-9-10-12(4)14-11-13(7-2,8-3)15-5/h6,12,14H,1,7-11H2,2-5H3. The number of nitrogens with one attached hydrogen (secondary N) is 1. The zero-order valence-corrected chi connectivity index (χ0v) is 11.6. The molecule has 0 heterocycles. The molecule has 0 aliphatic rings. The molecule has 0 saturated carbocycles. The third kappa shape index (κ3) is 5.62. The van der Waals surface area contributed by atoms with Crippen LogP contribution in [-0.2, 0) is 0 Å². The molecule has 2 heteroatoms. The molecule has 0 aromatic heterocycles. The van der Waals surface area contributed by atoms with E-state index in [-0.39, 0.29) is 0 Å². The van der Waals surface area contributed by atoms with Crippen molar-refractivity contribution in [2.45, 2.75) is 57.2 Å². The summed E-state index contributed by atoms with van der Waals surface area (Å²) in [4.78, 5) is 0. The highest BCUT2D eigenvalue weighted by Crippen LogP contribution is 2.29. The van der Waals surface area contributed by atoms with Gasteiger partial charge in [0.25, 0.3) is 0 Å². The summed E-state index contributed by atoms with van der Waals surface area (Å²) in [6.07, 6.45) is 9.01. The van der Waals surface area contributed by atoms with E-state index in [1.54, 1.807) is 0 Å². The van der Waals surface area contributed by atoms with Crippen LogP contribution in [0, 0.1) is 0 Å². The van der Waals surface area contributed by atoms with Crippen molar-refractivity contribution in [2.24, 2.45) is 0 Å². The minimum Gasteiger partial charge on any atom is -0.313 e. The van der Waals surface area contributed by atoms with E-state index < -0.39 is 0 Å². The van der Waals surface area contributed by atoms with Gasteiger partial charge < -0.3 is 5.32 Å². The van der Waals surface area contributed by atoms with Crippen LogP contribution in [0.1, 0.15) is 46.5 Å². The summed E-state index contributed by atoms with van der Waals surface area (Å²) in [5.74, 6) is 0. The molecule has 0 rings (SSSR count). The molecule has 0 saturated heterocycles. The molecule has 0 spiro atoms. The summed E-state index contributed by atoms with van der Waals surface area (Å²) in [5, 5.41) is 3.64. The van der Waals surface area contributed by atoms with Crippen LogP contribution in [0.2, 0.25) is 0 Å². The first-order valence-electron chi connectivity index (χ1n) is 6.03. The SMILES string of the molecule is C=CCCC(C)NCC(CC)(CC)SC. The Morgan fingerprint density at radius 3 is 2.40 bits per heavy atom. The molecule has 0 aliphatic carbocycles. The zero-order chi connectivity index (χ0) is 11.7. The summed E-state index contributed by atoms with van der Waals surface area (Å²) in [5.41, 5.74) is 0. The van der Waals surface area contributed by atoms with Crippen LogP contribution in [0.4, 0.5) is 0 Å². The monoisotopic (exact) mass is 229 g/mol. The van der Waals surface area contributed by atoms with E-state index in [0.717, 1.165) is 13.0 Å². The first-order valence-corrected chi connectivity index (χ1v) is 7.26. The quantitative estimate of drug-likeness (QED) is 0.603. The molecule has 0 aliphatic heterocycles. The zero-order valence-electron chi connectivity index (χ0n) is 10.8. The summed E-state index contributed by atoms with van der Waals surface area (Å²) >= 11 is 2.00. The number of allylic oxidation sites excluding steroid dienone is 1. The number of thioether (sulfide) groups is 1. The second-order valence-electron chi connectivity index (χ2n) is 4.24. The number of hydrogen-bond donors (Lipinski definition) is 1. The fraction of sp³-hybridized carbons (Fsp3) is 0.846. The topological polar surface area (TPSA) is 12.0 Å². The van der Waals surface area contributed by atoms with Crippen LogP contribution in [0.25, 0.3) is 0 Å². The Kier molecular flexibility index (Phi) is 8.26. The molecule has 0 fully saturated rings. The first kappa shape index (κ1) is 15.0. The Morgan fingerprint density at radius 2 is 2.00 bits per heavy atom. The van der Waals surface area contributed by atoms with Crippen LogP contribution in [0.5, 0.6) is 0 Å². The normalized spacial score (nSPS) is 13.9. The molecule has 1 atom stereocenters. The van der Waals surface area contributed by atoms with Gasteiger partial charge in [0.05, 0.1) is 0 Å². The first-order chi connectivity index (χ1) is 7.14. The van der Waals surface area contributed by atoms with E-state index in [4.69, 9.17) is 0 Å². The van der Waals surface area contributed by atoms with Gasteiger partial charge in [0.1, 0.15) is 0 Å². The highest BCUT2D eigenvalue weighted by atomic mass is 32.2. The molecule has 1 N–H and O–H groups in total. The predicted molar refractivity (Wildman–Crippen MR) is 73.7 cm³/mol. The summed E-state index contributed by atoms with van der Waals surface area (Å²) in [6, 6.07) is 0.604. The lowest BCUT2D eigenvalue weighted by Gasteiger charge is -2.31. The summed E-state index contributed by atoms with van der Waals surface area (Å²) in [6.45, 7) is 11.7. The van der Waals surface area contributed by atoms with Gasteiger partial charge in [-0.15, -0.1) is 6.58 Å². The van der Waals surface area contributed by atoms with Crippen molar-refractivity contribution in [1.29, 1.82) is 0 Å². The molecule has 15 heavy (non-hydrogen) atoms. The predicted octanol–water partition coefficient (Wildman–Crippen LogP) is 3.85. The fourth-order valence-electron chi connectivity index (χ4n) is 1.69. The Hall–Kier alpha value is 0.0500. The molecule has 0 aromatic carbocycles. The van der Waals surface area contributed by atoms with Gasteiger partial charge >= 0.3 is 0 Å². The molecular weight excluding hydrogens is 202 g/mol. The van der Waals surface area contributed by atoms with Crippen LogP contribution < -0.4 is 5.32 Å². The van der Waals surface area contributed by atoms with Crippen molar-refractivity contribution in [1.82, 2.24) is 5.32 Å². The van der Waals surface area contributed by atoms with Gasteiger partial charge in [-0.25, -0.2) is 0 Å². The van der Waals surface area contributed by atoms with Gasteiger partial charge in [-0.3, -0.25) is 0 Å². The fourth-order valence-corrected chi connectivity index (χ4v) is 2.50. The van der Waals surface area contributed by atoms with Gasteiger partial charge in [-0.1, -0.05) is 19.9 Å². The Balaban J connectivity index is 3.92. The highest BCUT2D eigenvalue weighted by Gasteiger charge is 2.24. The highest BCUT2D eigenvalue weighted by molar-refractivity contribution is 8.00. The van der Waals surface area contributed by atoms with Crippen LogP contribution in [-0.4, -0.2) is 23.6 Å². The minimum absolute atomic E-state index is 0.433. The van der Waals surface area contributed by atoms with E-state index in [2.05, 4.69) is 38.9 Å². The Bertz CT molecular complexity index is 156. The van der Waals surface area contributed by atoms with E-state index in [9.17, 15) is 0 Å². The molecule has 0 radical (unpaired) electrons. The van der Waals surface area contributed by atoms with Crippen LogP contribution in [0.15, 0.2) is 12.7 Å². The van der Waals surface area contributed by atoms with E-state index in [1.807, 2.05) is 17.8 Å². The lowest BCUT2D eigenvalue weighted by atomic mass is 10.0. The average molecular weight is 229 g/mol.